The molecule has 0 fully saturated rings. The fourth-order valence-electron chi connectivity index (χ4n) is 1.65. The Morgan fingerprint density at radius 1 is 1.05 bits per heavy atom. The van der Waals surface area contributed by atoms with Crippen LogP contribution >= 0.6 is 23.2 Å². The zero-order valence-corrected chi connectivity index (χ0v) is 13.1. The van der Waals surface area contributed by atoms with Crippen LogP contribution in [0.2, 0.25) is 10.0 Å². The van der Waals surface area contributed by atoms with E-state index in [4.69, 9.17) is 23.2 Å². The second-order valence-electron chi connectivity index (χ2n) is 4.35. The van der Waals surface area contributed by atoms with Crippen molar-refractivity contribution in [1.82, 2.24) is 0 Å². The molecule has 0 amide bonds. The summed E-state index contributed by atoms with van der Waals surface area (Å²) in [6, 6.07) is 11.9. The zero-order valence-electron chi connectivity index (χ0n) is 10.7. The summed E-state index contributed by atoms with van der Waals surface area (Å²) >= 11 is 11.7. The molecule has 1 atom stereocenters. The predicted molar refractivity (Wildman–Crippen MR) is 83.2 cm³/mol. The van der Waals surface area contributed by atoms with E-state index in [1.165, 1.54) is 6.07 Å². The van der Waals surface area contributed by atoms with Crippen LogP contribution in [0.1, 0.15) is 15.9 Å². The predicted octanol–water partition coefficient (Wildman–Crippen LogP) is 4.29. The minimum Gasteiger partial charge on any atom is -0.293 e. The number of rotatable bonds is 4. The lowest BCUT2D eigenvalue weighted by molar-refractivity contribution is 0.102. The number of ketones is 1. The zero-order chi connectivity index (χ0) is 14.7. The molecule has 0 aliphatic rings. The summed E-state index contributed by atoms with van der Waals surface area (Å²) in [5, 5.41) is 0.710. The summed E-state index contributed by atoms with van der Waals surface area (Å²) < 4.78 is 12.1. The molecule has 2 nitrogen and oxygen atoms in total. The van der Waals surface area contributed by atoms with E-state index in [1.54, 1.807) is 24.3 Å². The SMILES string of the molecule is Cc1ccc(S(=O)CC(=O)c2ccc(Cl)c(Cl)c2)cc1. The van der Waals surface area contributed by atoms with Gasteiger partial charge in [-0.25, -0.2) is 0 Å². The first-order valence-electron chi connectivity index (χ1n) is 5.90. The van der Waals surface area contributed by atoms with E-state index in [9.17, 15) is 9.00 Å². The Labute approximate surface area is 130 Å². The summed E-state index contributed by atoms with van der Waals surface area (Å²) in [5.41, 5.74) is 1.50. The van der Waals surface area contributed by atoms with Crippen LogP contribution in [0.4, 0.5) is 0 Å². The van der Waals surface area contributed by atoms with Crippen LogP contribution < -0.4 is 0 Å². The third kappa shape index (κ3) is 3.69. The van der Waals surface area contributed by atoms with Gasteiger partial charge in [-0.05, 0) is 37.3 Å². The van der Waals surface area contributed by atoms with Gasteiger partial charge >= 0.3 is 0 Å². The molecule has 5 heteroatoms. The van der Waals surface area contributed by atoms with E-state index in [0.29, 0.717) is 20.5 Å². The summed E-state index contributed by atoms with van der Waals surface area (Å²) in [7, 11) is -1.36. The van der Waals surface area contributed by atoms with E-state index in [0.717, 1.165) is 5.56 Å². The normalized spacial score (nSPS) is 12.2. The van der Waals surface area contributed by atoms with Crippen molar-refractivity contribution in [2.75, 3.05) is 5.75 Å². The van der Waals surface area contributed by atoms with Gasteiger partial charge in [0.25, 0.3) is 0 Å². The van der Waals surface area contributed by atoms with Crippen molar-refractivity contribution in [1.29, 1.82) is 0 Å². The highest BCUT2D eigenvalue weighted by molar-refractivity contribution is 7.85. The Bertz CT molecular complexity index is 666. The molecule has 0 aliphatic carbocycles. The van der Waals surface area contributed by atoms with E-state index in [2.05, 4.69) is 0 Å². The highest BCUT2D eigenvalue weighted by atomic mass is 35.5. The maximum absolute atomic E-state index is 12.1. The molecule has 0 spiro atoms. The standard InChI is InChI=1S/C15H12Cl2O2S/c1-10-2-5-12(6-3-10)20(19)9-15(18)11-4-7-13(16)14(17)8-11/h2-8H,9H2,1H3. The van der Waals surface area contributed by atoms with Crippen molar-refractivity contribution >= 4 is 39.8 Å². The lowest BCUT2D eigenvalue weighted by atomic mass is 10.1. The third-order valence-corrected chi connectivity index (χ3v) is 4.85. The number of benzene rings is 2. The molecule has 0 saturated heterocycles. The molecule has 0 saturated carbocycles. The van der Waals surface area contributed by atoms with Crippen LogP contribution in [0, 0.1) is 6.92 Å². The highest BCUT2D eigenvalue weighted by Crippen LogP contribution is 2.23. The molecule has 2 aromatic rings. The molecule has 0 radical (unpaired) electrons. The van der Waals surface area contributed by atoms with Crippen LogP contribution in [0.5, 0.6) is 0 Å². The smallest absolute Gasteiger partial charge is 0.175 e. The largest absolute Gasteiger partial charge is 0.293 e. The fourth-order valence-corrected chi connectivity index (χ4v) is 2.95. The van der Waals surface area contributed by atoms with E-state index in [1.807, 2.05) is 19.1 Å². The molecular formula is C15H12Cl2O2S. The van der Waals surface area contributed by atoms with Gasteiger partial charge < -0.3 is 0 Å². The first-order valence-corrected chi connectivity index (χ1v) is 7.98. The third-order valence-electron chi connectivity index (χ3n) is 2.79. The average molecular weight is 327 g/mol. The number of hydrogen-bond donors (Lipinski definition) is 0. The van der Waals surface area contributed by atoms with Crippen molar-refractivity contribution in [3.8, 4) is 0 Å². The minimum atomic E-state index is -1.36. The monoisotopic (exact) mass is 326 g/mol. The highest BCUT2D eigenvalue weighted by Gasteiger charge is 2.13. The first kappa shape index (κ1) is 15.2. The van der Waals surface area contributed by atoms with Crippen LogP contribution in [0.3, 0.4) is 0 Å². The van der Waals surface area contributed by atoms with Gasteiger partial charge in [0.05, 0.1) is 26.6 Å². The lowest BCUT2D eigenvalue weighted by Gasteiger charge is -2.04. The van der Waals surface area contributed by atoms with E-state index < -0.39 is 10.8 Å². The van der Waals surface area contributed by atoms with Gasteiger partial charge in [-0.3, -0.25) is 9.00 Å². The molecular weight excluding hydrogens is 315 g/mol. The Morgan fingerprint density at radius 3 is 2.30 bits per heavy atom. The quantitative estimate of drug-likeness (QED) is 0.785. The average Bonchev–Trinajstić information content (AvgIpc) is 2.42. The number of aryl methyl sites for hydroxylation is 1. The van der Waals surface area contributed by atoms with E-state index in [-0.39, 0.29) is 11.5 Å². The number of carbonyl (C=O) groups excluding carboxylic acids is 1. The molecule has 0 aromatic heterocycles. The maximum Gasteiger partial charge on any atom is 0.175 e. The molecule has 0 heterocycles. The number of Topliss-reactive ketones (excluding diaryl/α,β-unsaturated/α-hetero) is 1. The topological polar surface area (TPSA) is 34.1 Å². The van der Waals surface area contributed by atoms with Crippen molar-refractivity contribution in [3.05, 3.63) is 63.6 Å². The van der Waals surface area contributed by atoms with Crippen molar-refractivity contribution in [2.24, 2.45) is 0 Å². The van der Waals surface area contributed by atoms with Gasteiger partial charge in [0.2, 0.25) is 0 Å². The van der Waals surface area contributed by atoms with Crippen LogP contribution in [-0.2, 0) is 10.8 Å². The summed E-state index contributed by atoms with van der Waals surface area (Å²) in [6.07, 6.45) is 0. The number of carbonyl (C=O) groups is 1. The molecule has 0 aliphatic heterocycles. The fraction of sp³-hybridized carbons (Fsp3) is 0.133. The van der Waals surface area contributed by atoms with Crippen LogP contribution in [-0.4, -0.2) is 15.7 Å². The molecule has 0 bridgehead atoms. The first-order chi connectivity index (χ1) is 9.47. The van der Waals surface area contributed by atoms with Gasteiger partial charge in [0, 0.05) is 10.5 Å². The molecule has 1 unspecified atom stereocenters. The van der Waals surface area contributed by atoms with Crippen LogP contribution in [0.25, 0.3) is 0 Å². The van der Waals surface area contributed by atoms with Gasteiger partial charge in [0.1, 0.15) is 0 Å². The molecule has 104 valence electrons. The maximum atomic E-state index is 12.1. The van der Waals surface area contributed by atoms with Gasteiger partial charge in [-0.15, -0.1) is 0 Å². The lowest BCUT2D eigenvalue weighted by Crippen LogP contribution is -2.11. The van der Waals surface area contributed by atoms with Gasteiger partial charge in [-0.1, -0.05) is 40.9 Å². The summed E-state index contributed by atoms with van der Waals surface area (Å²) in [6.45, 7) is 1.95. The molecule has 2 aromatic carbocycles. The Morgan fingerprint density at radius 2 is 1.70 bits per heavy atom. The molecule has 20 heavy (non-hydrogen) atoms. The Hall–Kier alpha value is -1.16. The second kappa shape index (κ2) is 6.53. The minimum absolute atomic E-state index is 0.0684. The van der Waals surface area contributed by atoms with Crippen molar-refractivity contribution in [2.45, 2.75) is 11.8 Å². The van der Waals surface area contributed by atoms with Crippen molar-refractivity contribution < 1.29 is 9.00 Å². The summed E-state index contributed by atoms with van der Waals surface area (Å²) in [4.78, 5) is 12.7. The van der Waals surface area contributed by atoms with Gasteiger partial charge in [0.15, 0.2) is 5.78 Å². The summed E-state index contributed by atoms with van der Waals surface area (Å²) in [5.74, 6) is -0.288. The Balaban J connectivity index is 2.13. The van der Waals surface area contributed by atoms with Crippen LogP contribution in [0.15, 0.2) is 47.4 Å². The Kier molecular flexibility index (Phi) is 4.97. The van der Waals surface area contributed by atoms with E-state index >= 15 is 0 Å². The van der Waals surface area contributed by atoms with Gasteiger partial charge in [-0.2, -0.15) is 0 Å². The second-order valence-corrected chi connectivity index (χ2v) is 6.62. The molecule has 2 rings (SSSR count). The van der Waals surface area contributed by atoms with Crippen molar-refractivity contribution in [3.63, 3.8) is 0 Å². The number of halogens is 2. The molecule has 0 N–H and O–H groups in total. The number of hydrogen-bond acceptors (Lipinski definition) is 2.